The first-order valence-electron chi connectivity index (χ1n) is 21.0. The van der Waals surface area contributed by atoms with Crippen molar-refractivity contribution in [3.8, 4) is 5.75 Å². The lowest BCUT2D eigenvalue weighted by Crippen LogP contribution is -2.44. The zero-order valence-corrected chi connectivity index (χ0v) is 37.7. The number of carbonyl (C=O) groups is 4. The lowest BCUT2D eigenvalue weighted by atomic mass is 9.98. The molecule has 0 unspecified atom stereocenters. The number of imide groups is 1. The summed E-state index contributed by atoms with van der Waals surface area (Å²) < 4.78 is 60.5. The molecule has 1 aliphatic heterocycles. The number of carbonyl (C=O) groups excluding carboxylic acids is 4. The molecule has 14 nitrogen and oxygen atoms in total. The van der Waals surface area contributed by atoms with Gasteiger partial charge in [-0.3, -0.25) is 9.59 Å². The standard InChI is InChI=1S/C48H52FN5O9S/c1-47(2,3)62-45(57)54(46(58)63-48(4,5)6)43-36-19-15-34(25-37(36)38(49)26-50-43)52-42-31-13-20-39(61-28-29-11-9-8-10-12-29)30(23-31)14-22-41(55)51-33-16-21-40(64(59,60)35-17-18-35)32(24-33)27-53(7)44(42)56/h8-13,15-16,19-21,23-26,35,42,52H,14,17-18,22,27-28H2,1-7H3,(H,51,55)/t42-/m1/s1. The number of aryl methyl sites for hydroxylation is 1. The Labute approximate surface area is 372 Å². The number of rotatable bonds is 8. The minimum absolute atomic E-state index is 0.0402. The minimum atomic E-state index is -3.71. The van der Waals surface area contributed by atoms with Crippen molar-refractivity contribution in [3.05, 3.63) is 119 Å². The molecule has 1 aromatic heterocycles. The first-order valence-corrected chi connectivity index (χ1v) is 22.5. The van der Waals surface area contributed by atoms with Crippen LogP contribution in [0, 0.1) is 5.82 Å². The van der Waals surface area contributed by atoms with Gasteiger partial charge >= 0.3 is 12.2 Å². The smallest absolute Gasteiger partial charge is 0.425 e. The molecule has 1 atom stereocenters. The van der Waals surface area contributed by atoms with Crippen LogP contribution < -0.4 is 20.3 Å². The number of hydrogen-bond donors (Lipinski definition) is 2. The molecule has 2 N–H and O–H groups in total. The van der Waals surface area contributed by atoms with Crippen LogP contribution in [0.5, 0.6) is 5.75 Å². The van der Waals surface area contributed by atoms with Gasteiger partial charge in [-0.15, -0.1) is 0 Å². The van der Waals surface area contributed by atoms with Crippen molar-refractivity contribution < 1.29 is 46.2 Å². The number of anilines is 3. The summed E-state index contributed by atoms with van der Waals surface area (Å²) in [6, 6.07) is 22.8. The average Bonchev–Trinajstić information content (AvgIpc) is 4.08. The molecular formula is C48H52FN5O9S. The Bertz CT molecular complexity index is 2700. The fourth-order valence-corrected chi connectivity index (χ4v) is 9.13. The number of nitrogens with zero attached hydrogens (tertiary/aromatic N) is 3. The van der Waals surface area contributed by atoms with Crippen LogP contribution in [0.4, 0.5) is 31.2 Å². The lowest BCUT2D eigenvalue weighted by Gasteiger charge is -2.29. The second-order valence-corrected chi connectivity index (χ2v) is 20.2. The highest BCUT2D eigenvalue weighted by atomic mass is 32.2. The molecule has 5 aromatic rings. The van der Waals surface area contributed by atoms with Crippen molar-refractivity contribution in [2.45, 2.75) is 108 Å². The largest absolute Gasteiger partial charge is 0.489 e. The van der Waals surface area contributed by atoms with E-state index in [0.717, 1.165) is 11.8 Å². The average molecular weight is 894 g/mol. The van der Waals surface area contributed by atoms with Crippen molar-refractivity contribution in [1.82, 2.24) is 9.88 Å². The molecule has 16 heteroatoms. The van der Waals surface area contributed by atoms with Gasteiger partial charge in [-0.25, -0.2) is 27.4 Å². The van der Waals surface area contributed by atoms with Crippen LogP contribution in [0.1, 0.15) is 89.1 Å². The van der Waals surface area contributed by atoms with Gasteiger partial charge in [0, 0.05) is 42.2 Å². The van der Waals surface area contributed by atoms with Crippen molar-refractivity contribution in [2.75, 3.05) is 22.6 Å². The second-order valence-electron chi connectivity index (χ2n) is 18.0. The van der Waals surface area contributed by atoms with E-state index in [1.165, 1.54) is 23.1 Å². The van der Waals surface area contributed by atoms with Crippen molar-refractivity contribution in [1.29, 1.82) is 0 Å². The summed E-state index contributed by atoms with van der Waals surface area (Å²) in [4.78, 5) is 61.7. The molecule has 64 heavy (non-hydrogen) atoms. The van der Waals surface area contributed by atoms with Gasteiger partial charge in [0.05, 0.1) is 16.3 Å². The van der Waals surface area contributed by atoms with Gasteiger partial charge in [-0.2, -0.15) is 4.90 Å². The molecule has 1 saturated carbocycles. The molecule has 1 aliphatic carbocycles. The van der Waals surface area contributed by atoms with Gasteiger partial charge in [0.15, 0.2) is 15.7 Å². The Morgan fingerprint density at radius 2 is 1.55 bits per heavy atom. The Hall–Kier alpha value is -6.55. The van der Waals surface area contributed by atoms with Crippen LogP contribution in [-0.2, 0) is 48.5 Å². The number of aromatic nitrogens is 1. The maximum atomic E-state index is 15.9. The van der Waals surface area contributed by atoms with Gasteiger partial charge < -0.3 is 29.7 Å². The molecule has 4 bridgehead atoms. The second kappa shape index (κ2) is 17.9. The van der Waals surface area contributed by atoms with Crippen LogP contribution in [0.15, 0.2) is 96.0 Å². The number of ether oxygens (including phenoxy) is 3. The predicted molar refractivity (Wildman–Crippen MR) is 240 cm³/mol. The molecule has 0 spiro atoms. The summed E-state index contributed by atoms with van der Waals surface area (Å²) >= 11 is 0. The Morgan fingerprint density at radius 3 is 2.20 bits per heavy atom. The molecule has 7 rings (SSSR count). The Kier molecular flexibility index (Phi) is 12.7. The molecule has 4 aromatic carbocycles. The first-order chi connectivity index (χ1) is 30.2. The third-order valence-electron chi connectivity index (χ3n) is 10.4. The molecule has 0 radical (unpaired) electrons. The predicted octanol–water partition coefficient (Wildman–Crippen LogP) is 9.26. The number of amides is 4. The Balaban J connectivity index is 1.31. The van der Waals surface area contributed by atoms with Crippen LogP contribution in [0.2, 0.25) is 0 Å². The SMILES string of the molecule is CN1Cc2cc(ccc2S(=O)(=O)C2CC2)NC(=O)CCc2cc(ccc2OCc2ccccc2)[C@@H](Nc2ccc3c(N(C(=O)OC(C)(C)C)C(=O)OC(C)(C)C)ncc(F)c3c2)C1=O. The van der Waals surface area contributed by atoms with E-state index >= 15 is 4.39 Å². The number of fused-ring (bicyclic) bond motifs is 5. The summed E-state index contributed by atoms with van der Waals surface area (Å²) in [5.74, 6) is -1.27. The third kappa shape index (κ3) is 10.6. The first kappa shape index (κ1) is 45.5. The molecule has 4 amide bonds. The number of halogens is 1. The van der Waals surface area contributed by atoms with Gasteiger partial charge in [-0.05, 0) is 132 Å². The fraction of sp³-hybridized carbons (Fsp3) is 0.354. The van der Waals surface area contributed by atoms with E-state index < -0.39 is 56.2 Å². The highest BCUT2D eigenvalue weighted by Crippen LogP contribution is 2.38. The fourth-order valence-electron chi connectivity index (χ4n) is 7.27. The number of benzene rings is 4. The molecule has 0 saturated heterocycles. The third-order valence-corrected chi connectivity index (χ3v) is 12.8. The van der Waals surface area contributed by atoms with E-state index in [0.29, 0.717) is 45.9 Å². The summed E-state index contributed by atoms with van der Waals surface area (Å²) in [5, 5.41) is 5.68. The molecule has 1 fully saturated rings. The quantitative estimate of drug-likeness (QED) is 0.152. The van der Waals surface area contributed by atoms with Gasteiger partial charge in [0.25, 0.3) is 0 Å². The lowest BCUT2D eigenvalue weighted by molar-refractivity contribution is -0.131. The minimum Gasteiger partial charge on any atom is -0.489 e. The molecule has 2 aliphatic rings. The van der Waals surface area contributed by atoms with E-state index in [2.05, 4.69) is 15.6 Å². The number of nitrogens with one attached hydrogen (secondary N) is 2. The maximum absolute atomic E-state index is 15.9. The number of likely N-dealkylation sites (N-methyl/N-ethyl adjacent to an activating group) is 1. The van der Waals surface area contributed by atoms with Crippen LogP contribution in [0.25, 0.3) is 10.8 Å². The van der Waals surface area contributed by atoms with E-state index in [1.807, 2.05) is 30.3 Å². The molecular weight excluding hydrogens is 842 g/mol. The topological polar surface area (TPSA) is 174 Å². The molecule has 336 valence electrons. The Morgan fingerprint density at radius 1 is 0.859 bits per heavy atom. The number of hydrogen-bond acceptors (Lipinski definition) is 11. The van der Waals surface area contributed by atoms with Crippen LogP contribution >= 0.6 is 0 Å². The summed E-state index contributed by atoms with van der Waals surface area (Å²) in [7, 11) is -2.15. The summed E-state index contributed by atoms with van der Waals surface area (Å²) in [5.41, 5.74) is 1.05. The van der Waals surface area contributed by atoms with Gasteiger partial charge in [-0.1, -0.05) is 36.4 Å². The normalized spacial score (nSPS) is 16.1. The van der Waals surface area contributed by atoms with Gasteiger partial charge in [0.1, 0.15) is 35.4 Å². The van der Waals surface area contributed by atoms with E-state index in [4.69, 9.17) is 14.2 Å². The van der Waals surface area contributed by atoms with Crippen molar-refractivity contribution in [2.24, 2.45) is 0 Å². The summed E-state index contributed by atoms with van der Waals surface area (Å²) in [6.07, 6.45) is 0.0582. The zero-order valence-electron chi connectivity index (χ0n) is 36.9. The highest BCUT2D eigenvalue weighted by Gasteiger charge is 2.39. The number of sulfone groups is 1. The van der Waals surface area contributed by atoms with Gasteiger partial charge in [0.2, 0.25) is 11.8 Å². The molecule has 2 heterocycles. The van der Waals surface area contributed by atoms with E-state index in [9.17, 15) is 27.6 Å². The van der Waals surface area contributed by atoms with Crippen LogP contribution in [0.3, 0.4) is 0 Å². The highest BCUT2D eigenvalue weighted by molar-refractivity contribution is 7.92. The van der Waals surface area contributed by atoms with Crippen molar-refractivity contribution in [3.63, 3.8) is 0 Å². The summed E-state index contributed by atoms with van der Waals surface area (Å²) in [6.45, 7) is 9.92. The van der Waals surface area contributed by atoms with E-state index in [1.54, 1.807) is 85.0 Å². The van der Waals surface area contributed by atoms with Crippen LogP contribution in [-0.4, -0.2) is 65.8 Å². The van der Waals surface area contributed by atoms with Crippen molar-refractivity contribution >= 4 is 61.8 Å². The van der Waals surface area contributed by atoms with E-state index in [-0.39, 0.29) is 59.1 Å². The zero-order chi connectivity index (χ0) is 46.1. The number of pyridine rings is 1. The monoisotopic (exact) mass is 893 g/mol. The maximum Gasteiger partial charge on any atom is 0.425 e.